The Morgan fingerprint density at radius 3 is 1.56 bits per heavy atom. The molecule has 0 aliphatic rings. The fraction of sp³-hybridized carbons (Fsp3) is 0.100. The van der Waals surface area contributed by atoms with Gasteiger partial charge in [-0.3, -0.25) is 0 Å². The van der Waals surface area contributed by atoms with E-state index in [9.17, 15) is 12.3 Å². The van der Waals surface area contributed by atoms with Crippen LogP contribution in [0.1, 0.15) is 11.1 Å². The first-order chi connectivity index (χ1) is 12.7. The van der Waals surface area contributed by atoms with Crippen LogP contribution in [0.3, 0.4) is 0 Å². The van der Waals surface area contributed by atoms with E-state index >= 15 is 0 Å². The molecule has 3 aromatic rings. The summed E-state index contributed by atoms with van der Waals surface area (Å²) in [7, 11) is -4.13. The van der Waals surface area contributed by atoms with E-state index in [0.29, 0.717) is 13.9 Å². The Morgan fingerprint density at radius 2 is 1.15 bits per heavy atom. The third-order valence-corrected chi connectivity index (χ3v) is 11.9. The fourth-order valence-electron chi connectivity index (χ4n) is 2.46. The molecule has 0 spiro atoms. The molecule has 7 heteroatoms. The predicted octanol–water partition coefficient (Wildman–Crippen LogP) is 3.60. The van der Waals surface area contributed by atoms with E-state index in [-0.39, 0.29) is 4.90 Å². The van der Waals surface area contributed by atoms with Gasteiger partial charge in [0, 0.05) is 0 Å². The maximum atomic E-state index is 14.0. The molecule has 3 aromatic carbocycles. The van der Waals surface area contributed by atoms with Crippen LogP contribution >= 0.6 is 11.6 Å². The molecule has 0 saturated carbocycles. The van der Waals surface area contributed by atoms with Crippen LogP contribution in [0.5, 0.6) is 0 Å². The van der Waals surface area contributed by atoms with Crippen LogP contribution in [-0.2, 0) is 13.9 Å². The van der Waals surface area contributed by atoms with Crippen LogP contribution < -0.4 is 8.92 Å². The van der Waals surface area contributed by atoms with Gasteiger partial charge in [-0.15, -0.1) is 0 Å². The number of hydrogen-bond acceptors (Lipinski definition) is 3. The van der Waals surface area contributed by atoms with Crippen molar-refractivity contribution in [3.8, 4) is 0 Å². The third kappa shape index (κ3) is 4.30. The molecule has 0 N–H and O–H groups in total. The molecule has 0 heterocycles. The summed E-state index contributed by atoms with van der Waals surface area (Å²) in [6.07, 6.45) is 0. The van der Waals surface area contributed by atoms with E-state index in [1.165, 1.54) is 24.3 Å². The molecule has 0 saturated heterocycles. The number of benzene rings is 3. The zero-order valence-corrected chi connectivity index (χ0v) is 18.1. The summed E-state index contributed by atoms with van der Waals surface area (Å²) >= 11 is 1.48. The number of halogens is 1. The Morgan fingerprint density at radius 1 is 0.741 bits per heavy atom. The first kappa shape index (κ1) is 19.8. The first-order valence-electron chi connectivity index (χ1n) is 8.13. The van der Waals surface area contributed by atoms with E-state index < -0.39 is 22.6 Å². The molecule has 4 nitrogen and oxygen atoms in total. The molecule has 0 fully saturated rings. The Balaban J connectivity index is 2.28. The van der Waals surface area contributed by atoms with Crippen molar-refractivity contribution in [1.82, 2.24) is 0 Å². The molecule has 0 unspecified atom stereocenters. The summed E-state index contributed by atoms with van der Waals surface area (Å²) in [5.74, 6) is 0. The Hall–Kier alpha value is -1.98. The predicted molar refractivity (Wildman–Crippen MR) is 109 cm³/mol. The monoisotopic (exact) mass is 467 g/mol. The molecular weight excluding hydrogens is 449 g/mol. The van der Waals surface area contributed by atoms with Crippen LogP contribution in [0.15, 0.2) is 81.1 Å². The molecule has 0 aliphatic carbocycles. The van der Waals surface area contributed by atoms with Gasteiger partial charge in [-0.1, -0.05) is 0 Å². The molecule has 0 aliphatic heterocycles. The first-order valence-corrected chi connectivity index (χ1v) is 13.1. The number of sulfonamides is 1. The molecule has 0 bridgehead atoms. The quantitative estimate of drug-likeness (QED) is 0.552. The van der Waals surface area contributed by atoms with Gasteiger partial charge >= 0.3 is 166 Å². The zero-order chi connectivity index (χ0) is 19.7. The van der Waals surface area contributed by atoms with E-state index in [0.717, 1.165) is 11.1 Å². The van der Waals surface area contributed by atoms with Crippen LogP contribution in [0, 0.1) is 13.8 Å². The third-order valence-electron chi connectivity index (χ3n) is 4.00. The molecular formula is C20H18ClNO3SSe. The molecule has 0 radical (unpaired) electrons. The van der Waals surface area contributed by atoms with Gasteiger partial charge in [0.05, 0.1) is 0 Å². The molecule has 140 valence electrons. The molecule has 0 atom stereocenters. The zero-order valence-electron chi connectivity index (χ0n) is 14.8. The van der Waals surface area contributed by atoms with Crippen molar-refractivity contribution in [2.24, 2.45) is 3.37 Å². The van der Waals surface area contributed by atoms with Gasteiger partial charge in [0.2, 0.25) is 0 Å². The second kappa shape index (κ2) is 7.56. The number of rotatable bonds is 4. The Labute approximate surface area is 166 Å². The number of nitrogens with zero attached hydrogens (tertiary/aromatic N) is 1. The van der Waals surface area contributed by atoms with Gasteiger partial charge in [0.1, 0.15) is 0 Å². The SMILES string of the molecule is Cc1ccc([Se](=O)(=NS(=O)(=O)c2ccc(Cl)cc2)c2ccc(C)cc2)cc1. The minimum atomic E-state index is -4.35. The van der Waals surface area contributed by atoms with E-state index in [1.807, 2.05) is 13.8 Å². The normalized spacial score (nSPS) is 12.0. The average molecular weight is 467 g/mol. The van der Waals surface area contributed by atoms with Crippen LogP contribution in [0.4, 0.5) is 0 Å². The number of aryl methyl sites for hydroxylation is 2. The van der Waals surface area contributed by atoms with Crippen molar-refractivity contribution in [3.63, 3.8) is 0 Å². The van der Waals surface area contributed by atoms with Gasteiger partial charge in [-0.05, 0) is 0 Å². The van der Waals surface area contributed by atoms with E-state index in [1.54, 1.807) is 48.5 Å². The summed E-state index contributed by atoms with van der Waals surface area (Å²) in [6.45, 7) is 3.82. The fourth-order valence-corrected chi connectivity index (χ4v) is 9.65. The second-order valence-corrected chi connectivity index (χ2v) is 13.3. The Bertz CT molecular complexity index is 1130. The summed E-state index contributed by atoms with van der Waals surface area (Å²) in [6, 6.07) is 19.6. The topological polar surface area (TPSA) is 63.6 Å². The van der Waals surface area contributed by atoms with Crippen molar-refractivity contribution in [3.05, 3.63) is 88.9 Å². The van der Waals surface area contributed by atoms with Crippen molar-refractivity contribution in [2.45, 2.75) is 18.7 Å². The van der Waals surface area contributed by atoms with E-state index in [2.05, 4.69) is 3.37 Å². The van der Waals surface area contributed by atoms with Crippen molar-refractivity contribution in [2.75, 3.05) is 0 Å². The molecule has 0 aromatic heterocycles. The van der Waals surface area contributed by atoms with Gasteiger partial charge in [-0.2, -0.15) is 0 Å². The summed E-state index contributed by atoms with van der Waals surface area (Å²) in [4.78, 5) is -0.0384. The van der Waals surface area contributed by atoms with Crippen LogP contribution in [-0.4, -0.2) is 21.0 Å². The van der Waals surface area contributed by atoms with Crippen LogP contribution in [0.2, 0.25) is 5.02 Å². The summed E-state index contributed by atoms with van der Waals surface area (Å²) < 4.78 is 44.5. The van der Waals surface area contributed by atoms with E-state index in [4.69, 9.17) is 11.6 Å². The van der Waals surface area contributed by atoms with Gasteiger partial charge in [-0.25, -0.2) is 0 Å². The minimum absolute atomic E-state index is 0.0384. The van der Waals surface area contributed by atoms with Gasteiger partial charge in [0.15, 0.2) is 0 Å². The van der Waals surface area contributed by atoms with Crippen molar-refractivity contribution >= 4 is 43.1 Å². The van der Waals surface area contributed by atoms with Gasteiger partial charge < -0.3 is 0 Å². The average Bonchev–Trinajstić information content (AvgIpc) is 2.62. The molecule has 0 amide bonds. The van der Waals surface area contributed by atoms with Crippen molar-refractivity contribution < 1.29 is 12.3 Å². The molecule has 3 rings (SSSR count). The summed E-state index contributed by atoms with van der Waals surface area (Å²) in [5.41, 5.74) is 1.98. The second-order valence-electron chi connectivity index (χ2n) is 6.16. The standard InChI is InChI=1S/C20H18ClNO3SSe/c1-15-3-11-19(12-4-15)27(25,20-13-5-16(2)6-14-20)22-26(23,24)18-9-7-17(21)8-10-18/h3-14H,1-2H3. The molecule has 27 heavy (non-hydrogen) atoms. The Kier molecular flexibility index (Phi) is 5.54. The summed E-state index contributed by atoms with van der Waals surface area (Å²) in [5, 5.41) is 0.415. The van der Waals surface area contributed by atoms with Gasteiger partial charge in [0.25, 0.3) is 0 Å². The maximum absolute atomic E-state index is 14.0. The van der Waals surface area contributed by atoms with Crippen molar-refractivity contribution in [1.29, 1.82) is 0 Å². The number of hydrogen-bond donors (Lipinski definition) is 0. The van der Waals surface area contributed by atoms with Crippen LogP contribution in [0.25, 0.3) is 0 Å².